The van der Waals surface area contributed by atoms with E-state index < -0.39 is 0 Å². The van der Waals surface area contributed by atoms with E-state index in [4.69, 9.17) is 5.73 Å². The third-order valence-corrected chi connectivity index (χ3v) is 2.83. The fourth-order valence-electron chi connectivity index (χ4n) is 2.00. The van der Waals surface area contributed by atoms with Crippen molar-refractivity contribution in [3.63, 3.8) is 0 Å². The maximum atomic E-state index is 13.2. The summed E-state index contributed by atoms with van der Waals surface area (Å²) in [5, 5.41) is 3.94. The first-order chi connectivity index (χ1) is 9.06. The predicted octanol–water partition coefficient (Wildman–Crippen LogP) is 2.78. The molecule has 6 heteroatoms. The third-order valence-electron chi connectivity index (χ3n) is 2.83. The highest BCUT2D eigenvalue weighted by atomic mass is 127. The Bertz CT molecular complexity index is 592. The largest absolute Gasteiger partial charge is 0.370 e. The number of nitrogens with zero attached hydrogens (tertiary/aromatic N) is 1. The molecule has 0 bridgehead atoms. The number of rotatable bonds is 4. The number of benzene rings is 1. The highest BCUT2D eigenvalue weighted by molar-refractivity contribution is 14.0. The molecule has 0 saturated carbocycles. The van der Waals surface area contributed by atoms with Gasteiger partial charge in [0, 0.05) is 29.7 Å². The van der Waals surface area contributed by atoms with Crippen LogP contribution in [0.3, 0.4) is 0 Å². The molecule has 0 aliphatic carbocycles. The fraction of sp³-hybridized carbons (Fsp3) is 0.357. The minimum absolute atomic E-state index is 0. The van der Waals surface area contributed by atoms with Crippen molar-refractivity contribution in [3.8, 4) is 0 Å². The van der Waals surface area contributed by atoms with Crippen molar-refractivity contribution in [3.05, 3.63) is 35.8 Å². The molecule has 4 nitrogen and oxygen atoms in total. The smallest absolute Gasteiger partial charge is 0.188 e. The van der Waals surface area contributed by atoms with E-state index in [0.717, 1.165) is 22.9 Å². The maximum absolute atomic E-state index is 13.2. The van der Waals surface area contributed by atoms with Crippen LogP contribution in [0.4, 0.5) is 4.39 Å². The van der Waals surface area contributed by atoms with Gasteiger partial charge in [0.05, 0.1) is 0 Å². The normalized spacial score (nSPS) is 11.7. The molecule has 20 heavy (non-hydrogen) atoms. The molecule has 110 valence electrons. The second-order valence-corrected chi connectivity index (χ2v) is 4.82. The Morgan fingerprint density at radius 3 is 2.90 bits per heavy atom. The summed E-state index contributed by atoms with van der Waals surface area (Å²) in [7, 11) is 0. The number of nitrogens with two attached hydrogens (primary N) is 1. The summed E-state index contributed by atoms with van der Waals surface area (Å²) in [5.74, 6) is 0.221. The SMILES string of the molecule is CC(C)NC(N)=NCCc1c[nH]c2ccc(F)cc12.I. The van der Waals surface area contributed by atoms with Gasteiger partial charge in [-0.2, -0.15) is 0 Å². The molecule has 0 fully saturated rings. The van der Waals surface area contributed by atoms with Crippen LogP contribution in [0.2, 0.25) is 0 Å². The van der Waals surface area contributed by atoms with Crippen LogP contribution in [0.1, 0.15) is 19.4 Å². The lowest BCUT2D eigenvalue weighted by atomic mass is 10.1. The standard InChI is InChI=1S/C14H19FN4.HI/c1-9(2)19-14(16)17-6-5-10-8-18-13-4-3-11(15)7-12(10)13;/h3-4,7-9,18H,5-6H2,1-2H3,(H3,16,17,19);1H. The van der Waals surface area contributed by atoms with Gasteiger partial charge in [0.25, 0.3) is 0 Å². The van der Waals surface area contributed by atoms with Gasteiger partial charge in [-0.15, -0.1) is 24.0 Å². The highest BCUT2D eigenvalue weighted by Crippen LogP contribution is 2.19. The van der Waals surface area contributed by atoms with Crippen LogP contribution in [0.15, 0.2) is 29.4 Å². The Morgan fingerprint density at radius 2 is 2.20 bits per heavy atom. The lowest BCUT2D eigenvalue weighted by Gasteiger charge is -2.08. The first-order valence-electron chi connectivity index (χ1n) is 6.38. The lowest BCUT2D eigenvalue weighted by Crippen LogP contribution is -2.36. The summed E-state index contributed by atoms with van der Waals surface area (Å²) < 4.78 is 13.2. The van der Waals surface area contributed by atoms with Crippen molar-refractivity contribution in [2.24, 2.45) is 10.7 Å². The number of hydrogen-bond donors (Lipinski definition) is 3. The molecule has 4 N–H and O–H groups in total. The number of hydrogen-bond acceptors (Lipinski definition) is 1. The summed E-state index contributed by atoms with van der Waals surface area (Å²) in [6.45, 7) is 4.59. The van der Waals surface area contributed by atoms with Gasteiger partial charge in [0.1, 0.15) is 5.82 Å². The molecular weight excluding hydrogens is 370 g/mol. The topological polar surface area (TPSA) is 66.2 Å². The van der Waals surface area contributed by atoms with E-state index in [1.54, 1.807) is 12.1 Å². The maximum Gasteiger partial charge on any atom is 0.188 e. The predicted molar refractivity (Wildman–Crippen MR) is 92.1 cm³/mol. The third kappa shape index (κ3) is 4.36. The van der Waals surface area contributed by atoms with Crippen LogP contribution >= 0.6 is 24.0 Å². The van der Waals surface area contributed by atoms with Gasteiger partial charge in [-0.05, 0) is 44.0 Å². The second-order valence-electron chi connectivity index (χ2n) is 4.82. The van der Waals surface area contributed by atoms with Gasteiger partial charge in [-0.3, -0.25) is 4.99 Å². The fourth-order valence-corrected chi connectivity index (χ4v) is 2.00. The van der Waals surface area contributed by atoms with Crippen LogP contribution in [-0.4, -0.2) is 23.5 Å². The van der Waals surface area contributed by atoms with Crippen molar-refractivity contribution >= 4 is 40.8 Å². The van der Waals surface area contributed by atoms with Crippen LogP contribution in [0.5, 0.6) is 0 Å². The van der Waals surface area contributed by atoms with Gasteiger partial charge in [0.2, 0.25) is 0 Å². The van der Waals surface area contributed by atoms with Gasteiger partial charge < -0.3 is 16.0 Å². The van der Waals surface area contributed by atoms with E-state index >= 15 is 0 Å². The molecule has 2 rings (SSSR count). The molecule has 0 aliphatic rings. The molecule has 1 aromatic heterocycles. The summed E-state index contributed by atoms with van der Waals surface area (Å²) in [5.41, 5.74) is 7.71. The minimum atomic E-state index is -0.224. The molecule has 0 saturated heterocycles. The zero-order valence-corrected chi connectivity index (χ0v) is 13.9. The Balaban J connectivity index is 0.00000200. The van der Waals surface area contributed by atoms with Crippen molar-refractivity contribution in [2.75, 3.05) is 6.54 Å². The van der Waals surface area contributed by atoms with E-state index in [1.807, 2.05) is 20.0 Å². The van der Waals surface area contributed by atoms with E-state index in [-0.39, 0.29) is 35.8 Å². The van der Waals surface area contributed by atoms with Gasteiger partial charge >= 0.3 is 0 Å². The lowest BCUT2D eigenvalue weighted by molar-refractivity contribution is 0.629. The van der Waals surface area contributed by atoms with Crippen LogP contribution < -0.4 is 11.1 Å². The first-order valence-corrected chi connectivity index (χ1v) is 6.38. The molecule has 0 spiro atoms. The molecule has 0 radical (unpaired) electrons. The Hall–Kier alpha value is -1.31. The Labute approximate surface area is 135 Å². The molecule has 1 aromatic carbocycles. The summed E-state index contributed by atoms with van der Waals surface area (Å²) in [6.07, 6.45) is 2.62. The van der Waals surface area contributed by atoms with E-state index in [1.165, 1.54) is 6.07 Å². The van der Waals surface area contributed by atoms with Crippen molar-refractivity contribution in [1.29, 1.82) is 0 Å². The van der Waals surface area contributed by atoms with Crippen LogP contribution in [0, 0.1) is 5.82 Å². The number of nitrogens with one attached hydrogen (secondary N) is 2. The zero-order valence-electron chi connectivity index (χ0n) is 11.6. The van der Waals surface area contributed by atoms with E-state index in [9.17, 15) is 4.39 Å². The summed E-state index contributed by atoms with van der Waals surface area (Å²) >= 11 is 0. The second kappa shape index (κ2) is 7.47. The van der Waals surface area contributed by atoms with Crippen LogP contribution in [0.25, 0.3) is 10.9 Å². The van der Waals surface area contributed by atoms with E-state index in [2.05, 4.69) is 15.3 Å². The number of fused-ring (bicyclic) bond motifs is 1. The van der Waals surface area contributed by atoms with Crippen molar-refractivity contribution < 1.29 is 4.39 Å². The Morgan fingerprint density at radius 1 is 1.45 bits per heavy atom. The van der Waals surface area contributed by atoms with Gasteiger partial charge in [0.15, 0.2) is 5.96 Å². The van der Waals surface area contributed by atoms with Crippen molar-refractivity contribution in [1.82, 2.24) is 10.3 Å². The van der Waals surface area contributed by atoms with E-state index in [0.29, 0.717) is 12.5 Å². The minimum Gasteiger partial charge on any atom is -0.370 e. The molecular formula is C14H20FIN4. The summed E-state index contributed by atoms with van der Waals surface area (Å²) in [6, 6.07) is 5.00. The summed E-state index contributed by atoms with van der Waals surface area (Å²) in [4.78, 5) is 7.37. The molecule has 2 aromatic rings. The Kier molecular flexibility index (Phi) is 6.25. The molecule has 0 atom stereocenters. The van der Waals surface area contributed by atoms with Gasteiger partial charge in [-0.25, -0.2) is 4.39 Å². The molecule has 0 unspecified atom stereocenters. The number of H-pyrrole nitrogens is 1. The molecule has 0 aliphatic heterocycles. The van der Waals surface area contributed by atoms with Crippen LogP contribution in [-0.2, 0) is 6.42 Å². The average Bonchev–Trinajstić information content (AvgIpc) is 2.71. The molecule has 1 heterocycles. The highest BCUT2D eigenvalue weighted by Gasteiger charge is 2.04. The first kappa shape index (κ1) is 16.7. The number of aliphatic imine (C=N–C) groups is 1. The van der Waals surface area contributed by atoms with Crippen molar-refractivity contribution in [2.45, 2.75) is 26.3 Å². The number of aromatic nitrogens is 1. The molecule has 0 amide bonds. The quantitative estimate of drug-likeness (QED) is 0.427. The number of guanidine groups is 1. The number of halogens is 2. The van der Waals surface area contributed by atoms with Gasteiger partial charge in [-0.1, -0.05) is 0 Å². The zero-order chi connectivity index (χ0) is 13.8. The monoisotopic (exact) mass is 390 g/mol. The average molecular weight is 390 g/mol. The number of aromatic amines is 1.